The molecule has 1 heterocycles. The second-order valence-electron chi connectivity index (χ2n) is 4.54. The number of phenols is 1. The second-order valence-corrected chi connectivity index (χ2v) is 4.54. The number of benzene rings is 1. The third-order valence-corrected chi connectivity index (χ3v) is 3.45. The molecule has 1 saturated heterocycles. The number of carbonyl (C=O) groups excluding carboxylic acids is 1. The number of halogens is 1. The summed E-state index contributed by atoms with van der Waals surface area (Å²) in [6, 6.07) is 5.43. The third kappa shape index (κ3) is 3.48. The molecule has 1 aromatic carbocycles. The maximum atomic E-state index is 11.2. The lowest BCUT2D eigenvalue weighted by Gasteiger charge is -2.26. The number of rotatable bonds is 4. The third-order valence-electron chi connectivity index (χ3n) is 3.45. The molecular formula is C14H21ClN2O3. The van der Waals surface area contributed by atoms with Crippen molar-refractivity contribution in [3.05, 3.63) is 23.8 Å². The molecule has 1 aliphatic heterocycles. The van der Waals surface area contributed by atoms with Crippen molar-refractivity contribution >= 4 is 24.2 Å². The Hall–Kier alpha value is -1.62. The Labute approximate surface area is 125 Å². The van der Waals surface area contributed by atoms with E-state index >= 15 is 0 Å². The molecular weight excluding hydrogens is 280 g/mol. The molecule has 1 fully saturated rings. The molecule has 5 nitrogen and oxygen atoms in total. The Morgan fingerprint density at radius 3 is 2.65 bits per heavy atom. The van der Waals surface area contributed by atoms with Crippen molar-refractivity contribution in [2.45, 2.75) is 26.3 Å². The van der Waals surface area contributed by atoms with E-state index in [0.29, 0.717) is 13.0 Å². The van der Waals surface area contributed by atoms with Gasteiger partial charge in [0.2, 0.25) is 0 Å². The fourth-order valence-electron chi connectivity index (χ4n) is 2.37. The van der Waals surface area contributed by atoms with Crippen LogP contribution in [0.2, 0.25) is 0 Å². The summed E-state index contributed by atoms with van der Waals surface area (Å²) in [5.74, 6) is 0.219. The number of ether oxygens (including phenoxy) is 1. The highest BCUT2D eigenvalue weighted by Gasteiger charge is 2.23. The van der Waals surface area contributed by atoms with Crippen molar-refractivity contribution < 1.29 is 14.6 Å². The molecule has 0 bridgehead atoms. The van der Waals surface area contributed by atoms with Crippen LogP contribution in [-0.2, 0) is 4.74 Å². The van der Waals surface area contributed by atoms with Crippen molar-refractivity contribution in [3.63, 3.8) is 0 Å². The molecule has 0 unspecified atom stereocenters. The van der Waals surface area contributed by atoms with Crippen LogP contribution < -0.4 is 10.2 Å². The number of cyclic esters (lactones) is 1. The predicted molar refractivity (Wildman–Crippen MR) is 80.8 cm³/mol. The highest BCUT2D eigenvalue weighted by molar-refractivity contribution is 5.85. The second kappa shape index (κ2) is 7.24. The normalized spacial score (nSPS) is 17.7. The Bertz CT molecular complexity index is 464. The van der Waals surface area contributed by atoms with Crippen LogP contribution in [0.4, 0.5) is 10.5 Å². The van der Waals surface area contributed by atoms with Crippen LogP contribution in [0.25, 0.3) is 0 Å². The molecule has 1 atom stereocenters. The minimum absolute atomic E-state index is 0. The molecule has 2 N–H and O–H groups in total. The average Bonchev–Trinajstić information content (AvgIpc) is 2.40. The van der Waals surface area contributed by atoms with Gasteiger partial charge in [0.1, 0.15) is 5.75 Å². The van der Waals surface area contributed by atoms with Gasteiger partial charge in [-0.25, -0.2) is 4.79 Å². The largest absolute Gasteiger partial charge is 0.508 e. The molecule has 112 valence electrons. The summed E-state index contributed by atoms with van der Waals surface area (Å²) >= 11 is 0. The zero-order valence-corrected chi connectivity index (χ0v) is 12.6. The summed E-state index contributed by atoms with van der Waals surface area (Å²) in [5, 5.41) is 12.9. The van der Waals surface area contributed by atoms with E-state index in [1.54, 1.807) is 6.07 Å². The molecule has 0 aromatic heterocycles. The van der Waals surface area contributed by atoms with Gasteiger partial charge in [-0.1, -0.05) is 6.07 Å². The first-order valence-electron chi connectivity index (χ1n) is 6.66. The molecule has 20 heavy (non-hydrogen) atoms. The van der Waals surface area contributed by atoms with Crippen LogP contribution in [0.5, 0.6) is 5.75 Å². The Morgan fingerprint density at radius 1 is 1.40 bits per heavy atom. The summed E-state index contributed by atoms with van der Waals surface area (Å²) < 4.78 is 4.83. The zero-order valence-electron chi connectivity index (χ0n) is 11.8. The standard InChI is InChI=1S/C14H20N2O3.ClH/c1-3-16(4-2)10-5-6-11(13(17)9-10)12-7-8-19-14(18)15-12;/h5-6,9,12,17H,3-4,7-8H2,1-2H3,(H,15,18);1H/t12-;/m1./s1. The summed E-state index contributed by atoms with van der Waals surface area (Å²) in [4.78, 5) is 13.4. The maximum Gasteiger partial charge on any atom is 0.407 e. The molecule has 0 radical (unpaired) electrons. The smallest absolute Gasteiger partial charge is 0.407 e. The van der Waals surface area contributed by atoms with Crippen molar-refractivity contribution in [1.82, 2.24) is 5.32 Å². The lowest BCUT2D eigenvalue weighted by molar-refractivity contribution is 0.115. The van der Waals surface area contributed by atoms with E-state index in [1.165, 1.54) is 0 Å². The summed E-state index contributed by atoms with van der Waals surface area (Å²) in [7, 11) is 0. The number of amides is 1. The van der Waals surface area contributed by atoms with Gasteiger partial charge in [0.25, 0.3) is 0 Å². The number of phenolic OH excluding ortho intramolecular Hbond substituents is 1. The number of carbonyl (C=O) groups is 1. The van der Waals surface area contributed by atoms with Crippen LogP contribution in [0.1, 0.15) is 31.9 Å². The number of alkyl carbamates (subject to hydrolysis) is 1. The fourth-order valence-corrected chi connectivity index (χ4v) is 2.37. The van der Waals surface area contributed by atoms with E-state index in [0.717, 1.165) is 24.3 Å². The number of nitrogens with zero attached hydrogens (tertiary/aromatic N) is 1. The molecule has 2 rings (SSSR count). The van der Waals surface area contributed by atoms with E-state index < -0.39 is 6.09 Å². The van der Waals surface area contributed by atoms with E-state index in [-0.39, 0.29) is 24.2 Å². The molecule has 1 aromatic rings. The van der Waals surface area contributed by atoms with Crippen LogP contribution in [0.15, 0.2) is 18.2 Å². The quantitative estimate of drug-likeness (QED) is 0.897. The summed E-state index contributed by atoms with van der Waals surface area (Å²) in [6.45, 7) is 6.32. The molecule has 1 amide bonds. The fraction of sp³-hybridized carbons (Fsp3) is 0.500. The highest BCUT2D eigenvalue weighted by atomic mass is 35.5. The SMILES string of the molecule is CCN(CC)c1ccc([C@H]2CCOC(=O)N2)c(O)c1.Cl. The van der Waals surface area contributed by atoms with Crippen LogP contribution in [0.3, 0.4) is 0 Å². The number of anilines is 1. The van der Waals surface area contributed by atoms with Crippen LogP contribution in [-0.4, -0.2) is 30.9 Å². The Balaban J connectivity index is 0.00000200. The van der Waals surface area contributed by atoms with Crippen LogP contribution >= 0.6 is 12.4 Å². The monoisotopic (exact) mass is 300 g/mol. The van der Waals surface area contributed by atoms with Crippen molar-refractivity contribution in [1.29, 1.82) is 0 Å². The number of hydrogen-bond donors (Lipinski definition) is 2. The minimum atomic E-state index is -0.427. The van der Waals surface area contributed by atoms with Gasteiger partial charge in [-0.15, -0.1) is 12.4 Å². The minimum Gasteiger partial charge on any atom is -0.508 e. The first kappa shape index (κ1) is 16.4. The number of nitrogens with one attached hydrogen (secondary N) is 1. The van der Waals surface area contributed by atoms with E-state index in [9.17, 15) is 9.90 Å². The van der Waals surface area contributed by atoms with Gasteiger partial charge >= 0.3 is 6.09 Å². The van der Waals surface area contributed by atoms with E-state index in [4.69, 9.17) is 4.74 Å². The molecule has 1 aliphatic rings. The topological polar surface area (TPSA) is 61.8 Å². The Morgan fingerprint density at radius 2 is 2.10 bits per heavy atom. The molecule has 0 aliphatic carbocycles. The van der Waals surface area contributed by atoms with Gasteiger partial charge in [0.05, 0.1) is 12.6 Å². The van der Waals surface area contributed by atoms with Crippen molar-refractivity contribution in [2.24, 2.45) is 0 Å². The molecule has 6 heteroatoms. The van der Waals surface area contributed by atoms with Gasteiger partial charge in [0, 0.05) is 36.8 Å². The van der Waals surface area contributed by atoms with Crippen molar-refractivity contribution in [3.8, 4) is 5.75 Å². The number of aromatic hydroxyl groups is 1. The van der Waals surface area contributed by atoms with E-state index in [2.05, 4.69) is 24.1 Å². The van der Waals surface area contributed by atoms with Crippen LogP contribution in [0, 0.1) is 0 Å². The predicted octanol–water partition coefficient (Wildman–Crippen LogP) is 2.83. The summed E-state index contributed by atoms with van der Waals surface area (Å²) in [5.41, 5.74) is 1.73. The lowest BCUT2D eigenvalue weighted by Crippen LogP contribution is -2.35. The zero-order chi connectivity index (χ0) is 13.8. The van der Waals surface area contributed by atoms with Crippen molar-refractivity contribution in [2.75, 3.05) is 24.6 Å². The Kier molecular flexibility index (Phi) is 5.95. The van der Waals surface area contributed by atoms with Gasteiger partial charge in [-0.2, -0.15) is 0 Å². The average molecular weight is 301 g/mol. The van der Waals surface area contributed by atoms with Gasteiger partial charge in [-0.05, 0) is 19.9 Å². The first-order chi connectivity index (χ1) is 9.15. The first-order valence-corrected chi connectivity index (χ1v) is 6.66. The highest BCUT2D eigenvalue weighted by Crippen LogP contribution is 2.31. The molecule has 0 saturated carbocycles. The molecule has 0 spiro atoms. The van der Waals surface area contributed by atoms with Gasteiger partial charge in [-0.3, -0.25) is 0 Å². The summed E-state index contributed by atoms with van der Waals surface area (Å²) in [6.07, 6.45) is 0.243. The maximum absolute atomic E-state index is 11.2. The number of hydrogen-bond acceptors (Lipinski definition) is 4. The lowest BCUT2D eigenvalue weighted by atomic mass is 10.0. The van der Waals surface area contributed by atoms with Gasteiger partial charge in [0.15, 0.2) is 0 Å². The van der Waals surface area contributed by atoms with E-state index in [1.807, 2.05) is 12.1 Å². The van der Waals surface area contributed by atoms with Gasteiger partial charge < -0.3 is 20.1 Å².